The number of rotatable bonds is 4. The number of carbonyl (C=O) groups excluding carboxylic acids is 3. The zero-order valence-corrected chi connectivity index (χ0v) is 16.3. The summed E-state index contributed by atoms with van der Waals surface area (Å²) in [6.45, 7) is 8.92. The molecule has 1 aromatic carbocycles. The van der Waals surface area contributed by atoms with Crippen LogP contribution >= 0.6 is 0 Å². The molecule has 2 fully saturated rings. The van der Waals surface area contributed by atoms with Gasteiger partial charge in [-0.3, -0.25) is 14.5 Å². The number of urea groups is 1. The highest BCUT2D eigenvalue weighted by molar-refractivity contribution is 6.09. The molecule has 2 aliphatic rings. The first-order valence-corrected chi connectivity index (χ1v) is 9.36. The van der Waals surface area contributed by atoms with Crippen LogP contribution in [0.25, 0.3) is 0 Å². The van der Waals surface area contributed by atoms with Crippen LogP contribution in [0.2, 0.25) is 0 Å². The van der Waals surface area contributed by atoms with Gasteiger partial charge in [-0.1, -0.05) is 38.1 Å². The van der Waals surface area contributed by atoms with Crippen LogP contribution in [0.15, 0.2) is 24.3 Å². The molecule has 146 valence electrons. The molecule has 4 amide bonds. The summed E-state index contributed by atoms with van der Waals surface area (Å²) in [4.78, 5) is 40.6. The van der Waals surface area contributed by atoms with E-state index < -0.39 is 17.5 Å². The third-order valence-corrected chi connectivity index (χ3v) is 5.32. The Hall–Kier alpha value is -2.41. The van der Waals surface area contributed by atoms with Crippen molar-refractivity contribution < 1.29 is 19.1 Å². The van der Waals surface area contributed by atoms with Crippen molar-refractivity contribution in [1.82, 2.24) is 15.1 Å². The molecule has 2 heterocycles. The fraction of sp³-hybridized carbons (Fsp3) is 0.550. The number of nitrogens with one attached hydrogen (secondary N) is 1. The second-order valence-corrected chi connectivity index (χ2v) is 7.74. The lowest BCUT2D eigenvalue weighted by Gasteiger charge is -2.32. The van der Waals surface area contributed by atoms with E-state index in [1.807, 2.05) is 31.2 Å². The minimum atomic E-state index is -1.16. The molecule has 0 aromatic heterocycles. The molecule has 0 aliphatic carbocycles. The number of hydrogen-bond acceptors (Lipinski definition) is 4. The fourth-order valence-electron chi connectivity index (χ4n) is 3.52. The lowest BCUT2D eigenvalue weighted by atomic mass is 9.90. The van der Waals surface area contributed by atoms with Gasteiger partial charge in [-0.05, 0) is 30.9 Å². The van der Waals surface area contributed by atoms with Gasteiger partial charge in [-0.2, -0.15) is 0 Å². The third kappa shape index (κ3) is 3.69. The lowest BCUT2D eigenvalue weighted by molar-refractivity contribution is -0.143. The molecule has 27 heavy (non-hydrogen) atoms. The number of amides is 4. The highest BCUT2D eigenvalue weighted by Crippen LogP contribution is 2.30. The van der Waals surface area contributed by atoms with Gasteiger partial charge < -0.3 is 15.0 Å². The molecular formula is C20H27N3O4. The second-order valence-electron chi connectivity index (χ2n) is 7.74. The molecular weight excluding hydrogens is 346 g/mol. The number of imide groups is 1. The molecule has 0 saturated carbocycles. The molecule has 1 aromatic rings. The van der Waals surface area contributed by atoms with Gasteiger partial charge in [0.1, 0.15) is 12.1 Å². The summed E-state index contributed by atoms with van der Waals surface area (Å²) in [6, 6.07) is 7.12. The molecule has 3 rings (SSSR count). The van der Waals surface area contributed by atoms with Gasteiger partial charge in [0.2, 0.25) is 5.91 Å². The van der Waals surface area contributed by atoms with Crippen molar-refractivity contribution in [2.45, 2.75) is 45.3 Å². The first-order chi connectivity index (χ1) is 12.7. The van der Waals surface area contributed by atoms with Crippen molar-refractivity contribution in [3.8, 4) is 0 Å². The minimum absolute atomic E-state index is 0.0458. The Morgan fingerprint density at radius 3 is 2.56 bits per heavy atom. The van der Waals surface area contributed by atoms with Gasteiger partial charge in [-0.15, -0.1) is 0 Å². The maximum atomic E-state index is 13.0. The molecule has 2 saturated heterocycles. The summed E-state index contributed by atoms with van der Waals surface area (Å²) in [6.07, 6.45) is -0.0458. The van der Waals surface area contributed by atoms with Crippen molar-refractivity contribution in [3.05, 3.63) is 35.4 Å². The lowest BCUT2D eigenvalue weighted by Crippen LogP contribution is -2.49. The van der Waals surface area contributed by atoms with E-state index in [2.05, 4.69) is 19.2 Å². The van der Waals surface area contributed by atoms with Gasteiger partial charge in [0.15, 0.2) is 0 Å². The maximum Gasteiger partial charge on any atom is 0.325 e. The fourth-order valence-corrected chi connectivity index (χ4v) is 3.52. The van der Waals surface area contributed by atoms with Crippen LogP contribution in [0.3, 0.4) is 0 Å². The van der Waals surface area contributed by atoms with Crippen LogP contribution in [-0.2, 0) is 19.9 Å². The molecule has 2 atom stereocenters. The maximum absolute atomic E-state index is 13.0. The van der Waals surface area contributed by atoms with Crippen molar-refractivity contribution >= 4 is 17.8 Å². The molecule has 7 nitrogen and oxygen atoms in total. The van der Waals surface area contributed by atoms with Crippen LogP contribution in [-0.4, -0.2) is 60.0 Å². The molecule has 7 heteroatoms. The van der Waals surface area contributed by atoms with Crippen molar-refractivity contribution in [3.63, 3.8) is 0 Å². The van der Waals surface area contributed by atoms with E-state index in [-0.39, 0.29) is 18.6 Å². The SMILES string of the molecule is CC(C)c1ccc([C@]2(C)NC(=O)N(CC(=O)N3CCO[C@@H](C)C3)C2=O)cc1. The van der Waals surface area contributed by atoms with Crippen molar-refractivity contribution in [1.29, 1.82) is 0 Å². The standard InChI is InChI=1S/C20H27N3O4/c1-13(2)15-5-7-16(8-6-15)20(4)18(25)23(19(26)21-20)12-17(24)22-9-10-27-14(3)11-22/h5-8,13-14H,9-12H2,1-4H3,(H,21,26)/t14-,20-/m0/s1. The van der Waals surface area contributed by atoms with Crippen LogP contribution in [0.4, 0.5) is 4.79 Å². The third-order valence-electron chi connectivity index (χ3n) is 5.32. The average Bonchev–Trinajstić information content (AvgIpc) is 2.86. The number of morpholine rings is 1. The van der Waals surface area contributed by atoms with Crippen LogP contribution in [0.5, 0.6) is 0 Å². The van der Waals surface area contributed by atoms with E-state index in [0.717, 1.165) is 10.5 Å². The second kappa shape index (κ2) is 7.31. The number of carbonyl (C=O) groups is 3. The Balaban J connectivity index is 1.74. The molecule has 0 spiro atoms. The Bertz CT molecular complexity index is 746. The van der Waals surface area contributed by atoms with Crippen LogP contribution < -0.4 is 5.32 Å². The summed E-state index contributed by atoms with van der Waals surface area (Å²) >= 11 is 0. The summed E-state index contributed by atoms with van der Waals surface area (Å²) in [7, 11) is 0. The molecule has 0 unspecified atom stereocenters. The van der Waals surface area contributed by atoms with Crippen LogP contribution in [0.1, 0.15) is 44.7 Å². The Kier molecular flexibility index (Phi) is 5.24. The zero-order valence-electron chi connectivity index (χ0n) is 16.3. The summed E-state index contributed by atoms with van der Waals surface area (Å²) < 4.78 is 5.43. The number of hydrogen-bond donors (Lipinski definition) is 1. The molecule has 0 bridgehead atoms. The van der Waals surface area contributed by atoms with E-state index in [4.69, 9.17) is 4.74 Å². The quantitative estimate of drug-likeness (QED) is 0.817. The Morgan fingerprint density at radius 2 is 1.96 bits per heavy atom. The van der Waals surface area contributed by atoms with Gasteiger partial charge >= 0.3 is 6.03 Å². The van der Waals surface area contributed by atoms with E-state index in [1.54, 1.807) is 11.8 Å². The van der Waals surface area contributed by atoms with Gasteiger partial charge in [0.05, 0.1) is 12.7 Å². The van der Waals surface area contributed by atoms with Gasteiger partial charge in [0, 0.05) is 13.1 Å². The number of ether oxygens (including phenoxy) is 1. The number of benzene rings is 1. The van der Waals surface area contributed by atoms with Gasteiger partial charge in [0.25, 0.3) is 5.91 Å². The Morgan fingerprint density at radius 1 is 1.30 bits per heavy atom. The van der Waals surface area contributed by atoms with E-state index >= 15 is 0 Å². The monoisotopic (exact) mass is 373 g/mol. The summed E-state index contributed by atoms with van der Waals surface area (Å²) in [5, 5.41) is 2.75. The van der Waals surface area contributed by atoms with Crippen molar-refractivity contribution in [2.75, 3.05) is 26.2 Å². The van der Waals surface area contributed by atoms with Crippen molar-refractivity contribution in [2.24, 2.45) is 0 Å². The smallest absolute Gasteiger partial charge is 0.325 e. The highest BCUT2D eigenvalue weighted by Gasteiger charge is 2.49. The first kappa shape index (κ1) is 19.4. The highest BCUT2D eigenvalue weighted by atomic mass is 16.5. The largest absolute Gasteiger partial charge is 0.375 e. The molecule has 2 aliphatic heterocycles. The summed E-state index contributed by atoms with van der Waals surface area (Å²) in [5.41, 5.74) is 0.707. The molecule has 0 radical (unpaired) electrons. The normalized spacial score (nSPS) is 25.9. The predicted octanol–water partition coefficient (Wildman–Crippen LogP) is 1.82. The summed E-state index contributed by atoms with van der Waals surface area (Å²) in [5.74, 6) is -0.265. The van der Waals surface area contributed by atoms with Gasteiger partial charge in [-0.25, -0.2) is 4.79 Å². The Labute approximate surface area is 159 Å². The minimum Gasteiger partial charge on any atom is -0.375 e. The van der Waals surface area contributed by atoms with Crippen LogP contribution in [0, 0.1) is 0 Å². The van der Waals surface area contributed by atoms with E-state index in [1.165, 1.54) is 0 Å². The van der Waals surface area contributed by atoms with E-state index in [0.29, 0.717) is 31.2 Å². The average molecular weight is 373 g/mol. The molecule has 1 N–H and O–H groups in total. The van der Waals surface area contributed by atoms with E-state index in [9.17, 15) is 14.4 Å². The topological polar surface area (TPSA) is 79.0 Å². The predicted molar refractivity (Wildman–Crippen MR) is 100 cm³/mol. The number of nitrogens with zero attached hydrogens (tertiary/aromatic N) is 2. The zero-order chi connectivity index (χ0) is 19.8. The first-order valence-electron chi connectivity index (χ1n) is 9.36.